The number of pyridine rings is 1. The minimum Gasteiger partial charge on any atom is -0.249 e. The summed E-state index contributed by atoms with van der Waals surface area (Å²) < 4.78 is 15.7. The lowest BCUT2D eigenvalue weighted by Crippen LogP contribution is -2.14. The van der Waals surface area contributed by atoms with Gasteiger partial charge in [-0.05, 0) is 17.5 Å². The molecular weight excluding hydrogens is 270 g/mol. The van der Waals surface area contributed by atoms with E-state index in [2.05, 4.69) is 9.35 Å². The number of nitrogens with zero attached hydrogens (tertiary/aromatic N) is 3. The van der Waals surface area contributed by atoms with Gasteiger partial charge in [-0.2, -0.15) is 5.26 Å². The van der Waals surface area contributed by atoms with Crippen molar-refractivity contribution in [2.75, 3.05) is 11.5 Å². The summed E-state index contributed by atoms with van der Waals surface area (Å²) in [7, 11) is -2.43. The Morgan fingerprint density at radius 1 is 1.61 bits per heavy atom. The number of rotatable bonds is 4. The molecule has 1 rings (SSSR count). The Kier molecular flexibility index (Phi) is 6.89. The van der Waals surface area contributed by atoms with Gasteiger partial charge in [0.2, 0.25) is 6.19 Å². The maximum absolute atomic E-state index is 12.2. The van der Waals surface area contributed by atoms with Gasteiger partial charge in [-0.25, -0.2) is 9.19 Å². The van der Waals surface area contributed by atoms with E-state index in [-0.39, 0.29) is 13.3 Å². The summed E-state index contributed by atoms with van der Waals surface area (Å²) in [5.74, 6) is 0.774. The molecule has 0 aliphatic carbocycles. The topological polar surface area (TPSA) is 66.1 Å². The van der Waals surface area contributed by atoms with Crippen molar-refractivity contribution < 1.29 is 4.21 Å². The van der Waals surface area contributed by atoms with Gasteiger partial charge in [0.1, 0.15) is 5.15 Å². The summed E-state index contributed by atoms with van der Waals surface area (Å²) in [6, 6.07) is 3.55. The molecule has 2 atom stereocenters. The fourth-order valence-electron chi connectivity index (χ4n) is 1.46. The van der Waals surface area contributed by atoms with Crippen molar-refractivity contribution in [2.45, 2.75) is 27.2 Å². The van der Waals surface area contributed by atoms with E-state index in [1.807, 2.05) is 13.0 Å². The lowest BCUT2D eigenvalue weighted by atomic mass is 10.1. The van der Waals surface area contributed by atoms with Gasteiger partial charge in [0.25, 0.3) is 0 Å². The standard InChI is InChI=1S/C11H14ClN3OS.CH4/c1-3-17(16,15-8-13)7-9(2)10-4-5-11(12)14-6-10;/h4-6,9H,3,7H2,1-2H3;1H4/t9-,17+;/m0./s1. The van der Waals surface area contributed by atoms with E-state index in [9.17, 15) is 4.21 Å². The van der Waals surface area contributed by atoms with Crippen LogP contribution in [0.1, 0.15) is 32.8 Å². The van der Waals surface area contributed by atoms with Crippen molar-refractivity contribution in [3.8, 4) is 6.19 Å². The van der Waals surface area contributed by atoms with Crippen LogP contribution in [0.4, 0.5) is 0 Å². The average molecular weight is 288 g/mol. The third-order valence-corrected chi connectivity index (χ3v) is 5.05. The van der Waals surface area contributed by atoms with Gasteiger partial charge in [-0.1, -0.05) is 38.9 Å². The minimum atomic E-state index is -2.43. The Bertz CT molecular complexity index is 527. The number of nitriles is 1. The Morgan fingerprint density at radius 3 is 2.72 bits per heavy atom. The van der Waals surface area contributed by atoms with Crippen LogP contribution in [0.25, 0.3) is 0 Å². The third kappa shape index (κ3) is 4.63. The second-order valence-electron chi connectivity index (χ2n) is 3.73. The SMILES string of the molecule is C.CC[S@@](=O)(C[C@H](C)c1ccc(Cl)nc1)=NC#N. The summed E-state index contributed by atoms with van der Waals surface area (Å²) in [6.07, 6.45) is 3.30. The first-order valence-corrected chi connectivity index (χ1v) is 7.46. The quantitative estimate of drug-likeness (QED) is 0.629. The van der Waals surface area contributed by atoms with Crippen LogP contribution in [0.3, 0.4) is 0 Å². The molecule has 1 heterocycles. The maximum Gasteiger partial charge on any atom is 0.214 e. The highest BCUT2D eigenvalue weighted by molar-refractivity contribution is 7.93. The van der Waals surface area contributed by atoms with Crippen LogP contribution in [0.15, 0.2) is 22.7 Å². The number of hydrogen-bond donors (Lipinski definition) is 0. The molecule has 18 heavy (non-hydrogen) atoms. The van der Waals surface area contributed by atoms with Gasteiger partial charge in [0.15, 0.2) is 0 Å². The van der Waals surface area contributed by atoms with E-state index in [0.29, 0.717) is 16.7 Å². The molecule has 0 bridgehead atoms. The number of aromatic nitrogens is 1. The molecule has 0 aliphatic heterocycles. The van der Waals surface area contributed by atoms with Crippen LogP contribution in [0.5, 0.6) is 0 Å². The molecule has 1 aromatic heterocycles. The van der Waals surface area contributed by atoms with Crippen LogP contribution in [-0.4, -0.2) is 20.7 Å². The van der Waals surface area contributed by atoms with E-state index >= 15 is 0 Å². The molecular formula is C12H18ClN3OS. The average Bonchev–Trinajstić information content (AvgIpc) is 2.30. The van der Waals surface area contributed by atoms with Crippen molar-refractivity contribution in [3.63, 3.8) is 0 Å². The molecule has 4 nitrogen and oxygen atoms in total. The molecule has 0 radical (unpaired) electrons. The van der Waals surface area contributed by atoms with Crippen molar-refractivity contribution >= 4 is 21.3 Å². The van der Waals surface area contributed by atoms with E-state index in [1.54, 1.807) is 25.4 Å². The fraction of sp³-hybridized carbons (Fsp3) is 0.500. The van der Waals surface area contributed by atoms with Crippen LogP contribution in [0, 0.1) is 11.5 Å². The first kappa shape index (κ1) is 16.9. The molecule has 0 N–H and O–H groups in total. The zero-order valence-corrected chi connectivity index (χ0v) is 11.3. The molecule has 0 spiro atoms. The van der Waals surface area contributed by atoms with E-state index in [1.165, 1.54) is 0 Å². The Hall–Kier alpha value is -1.12. The second kappa shape index (κ2) is 7.34. The van der Waals surface area contributed by atoms with Crippen LogP contribution >= 0.6 is 11.6 Å². The van der Waals surface area contributed by atoms with Gasteiger partial charge < -0.3 is 0 Å². The van der Waals surface area contributed by atoms with Crippen LogP contribution < -0.4 is 0 Å². The Balaban J connectivity index is 0.00000289. The summed E-state index contributed by atoms with van der Waals surface area (Å²) in [5.41, 5.74) is 0.948. The normalized spacial score (nSPS) is 14.8. The van der Waals surface area contributed by atoms with Gasteiger partial charge in [-0.3, -0.25) is 0 Å². The highest BCUT2D eigenvalue weighted by atomic mass is 35.5. The summed E-state index contributed by atoms with van der Waals surface area (Å²) in [6.45, 7) is 3.71. The van der Waals surface area contributed by atoms with Crippen molar-refractivity contribution in [2.24, 2.45) is 4.36 Å². The molecule has 0 amide bonds. The largest absolute Gasteiger partial charge is 0.249 e. The molecule has 0 saturated heterocycles. The zero-order valence-electron chi connectivity index (χ0n) is 9.76. The van der Waals surface area contributed by atoms with Crippen molar-refractivity contribution in [1.82, 2.24) is 4.98 Å². The molecule has 0 aliphatic rings. The Labute approximate surface area is 114 Å². The lowest BCUT2D eigenvalue weighted by molar-refractivity contribution is 0.671. The van der Waals surface area contributed by atoms with E-state index in [4.69, 9.17) is 16.9 Å². The van der Waals surface area contributed by atoms with Gasteiger partial charge >= 0.3 is 0 Å². The fourth-order valence-corrected chi connectivity index (χ4v) is 3.13. The molecule has 0 unspecified atom stereocenters. The van der Waals surface area contributed by atoms with Gasteiger partial charge in [-0.15, -0.1) is 4.36 Å². The smallest absolute Gasteiger partial charge is 0.214 e. The monoisotopic (exact) mass is 287 g/mol. The molecule has 6 heteroatoms. The predicted octanol–water partition coefficient (Wildman–Crippen LogP) is 3.44. The highest BCUT2D eigenvalue weighted by Crippen LogP contribution is 2.19. The van der Waals surface area contributed by atoms with Crippen LogP contribution in [0.2, 0.25) is 5.15 Å². The second-order valence-corrected chi connectivity index (χ2v) is 6.76. The van der Waals surface area contributed by atoms with Gasteiger partial charge in [0, 0.05) is 17.7 Å². The zero-order chi connectivity index (χ0) is 12.9. The molecule has 1 aromatic rings. The Morgan fingerprint density at radius 2 is 2.28 bits per heavy atom. The van der Waals surface area contributed by atoms with E-state index < -0.39 is 9.73 Å². The first-order valence-electron chi connectivity index (χ1n) is 5.23. The summed E-state index contributed by atoms with van der Waals surface area (Å²) >= 11 is 5.70. The predicted molar refractivity (Wildman–Crippen MR) is 76.0 cm³/mol. The summed E-state index contributed by atoms with van der Waals surface area (Å²) in [5, 5.41) is 8.96. The van der Waals surface area contributed by atoms with Crippen LogP contribution in [-0.2, 0) is 9.73 Å². The number of halogens is 1. The lowest BCUT2D eigenvalue weighted by Gasteiger charge is -2.13. The van der Waals surface area contributed by atoms with E-state index in [0.717, 1.165) is 5.56 Å². The minimum absolute atomic E-state index is 0. The summed E-state index contributed by atoms with van der Waals surface area (Å²) in [4.78, 5) is 3.98. The molecule has 0 fully saturated rings. The molecule has 100 valence electrons. The van der Waals surface area contributed by atoms with Crippen molar-refractivity contribution in [3.05, 3.63) is 29.0 Å². The van der Waals surface area contributed by atoms with Gasteiger partial charge in [0.05, 0.1) is 9.73 Å². The highest BCUT2D eigenvalue weighted by Gasteiger charge is 2.14. The first-order chi connectivity index (χ1) is 8.00. The third-order valence-electron chi connectivity index (χ3n) is 2.49. The number of hydrogen-bond acceptors (Lipinski definition) is 4. The van der Waals surface area contributed by atoms with Crippen molar-refractivity contribution in [1.29, 1.82) is 5.26 Å². The maximum atomic E-state index is 12.2. The molecule has 0 aromatic carbocycles. The molecule has 0 saturated carbocycles.